The molecule has 56 heavy (non-hydrogen) atoms. The molecule has 1 aromatic heterocycles. The number of rotatable bonds is 4. The van der Waals surface area contributed by atoms with Gasteiger partial charge in [-0.25, -0.2) is 15.0 Å². The van der Waals surface area contributed by atoms with Gasteiger partial charge in [0.25, 0.3) is 0 Å². The average molecular weight is 731 g/mol. The third-order valence-corrected chi connectivity index (χ3v) is 12.4. The quantitative estimate of drug-likeness (QED) is 0.180. The zero-order valence-corrected chi connectivity index (χ0v) is 30.8. The Labute approximate surface area is 328 Å². The van der Waals surface area contributed by atoms with E-state index in [9.17, 15) is 5.26 Å². The minimum atomic E-state index is -0.552. The highest BCUT2D eigenvalue weighted by molar-refractivity contribution is 7.99. The molecule has 260 valence electrons. The van der Waals surface area contributed by atoms with E-state index in [1.807, 2.05) is 84.6 Å². The van der Waals surface area contributed by atoms with Crippen molar-refractivity contribution in [2.45, 2.75) is 15.2 Å². The predicted molar refractivity (Wildman–Crippen MR) is 225 cm³/mol. The second-order valence-electron chi connectivity index (χ2n) is 14.3. The Kier molecular flexibility index (Phi) is 7.35. The summed E-state index contributed by atoms with van der Waals surface area (Å²) in [5.41, 5.74) is 12.7. The maximum atomic E-state index is 9.50. The van der Waals surface area contributed by atoms with Gasteiger partial charge in [-0.15, -0.1) is 0 Å². The Morgan fingerprint density at radius 2 is 0.929 bits per heavy atom. The minimum absolute atomic E-state index is 0.552. The van der Waals surface area contributed by atoms with Gasteiger partial charge in [-0.3, -0.25) is 0 Å². The summed E-state index contributed by atoms with van der Waals surface area (Å²) in [7, 11) is 0. The summed E-state index contributed by atoms with van der Waals surface area (Å²) in [4.78, 5) is 17.6. The van der Waals surface area contributed by atoms with Crippen molar-refractivity contribution in [3.8, 4) is 62.5 Å². The Morgan fingerprint density at radius 3 is 1.55 bits per heavy atom. The summed E-state index contributed by atoms with van der Waals surface area (Å²) < 4.78 is 0. The fourth-order valence-corrected chi connectivity index (χ4v) is 9.83. The lowest BCUT2D eigenvalue weighted by Crippen LogP contribution is -2.32. The van der Waals surface area contributed by atoms with Crippen molar-refractivity contribution < 1.29 is 0 Å². The monoisotopic (exact) mass is 730 g/mol. The standard InChI is InChI=1S/C51H30N4S/c52-31-32-19-21-33(22-20-32)37-25-26-40-41-28-36-23-24-38(50-54-48(34-11-3-1-4-12-34)53-49(55-50)35-13-5-2-6-14-35)27-39(36)30-45(41)51(44(40)29-37)42-15-7-9-17-46(42)56-47-18-10-8-16-43(47)51/h1-30H. The average Bonchev–Trinajstić information content (AvgIpc) is 3.54. The zero-order valence-electron chi connectivity index (χ0n) is 30.0. The van der Waals surface area contributed by atoms with Gasteiger partial charge in [-0.05, 0) is 104 Å². The second-order valence-corrected chi connectivity index (χ2v) is 15.4. The van der Waals surface area contributed by atoms with E-state index in [1.54, 1.807) is 0 Å². The van der Waals surface area contributed by atoms with E-state index in [0.717, 1.165) is 38.6 Å². The summed E-state index contributed by atoms with van der Waals surface area (Å²) in [6, 6.07) is 66.4. The molecular weight excluding hydrogens is 701 g/mol. The molecule has 0 N–H and O–H groups in total. The molecule has 4 nitrogen and oxygen atoms in total. The summed E-state index contributed by atoms with van der Waals surface area (Å²) in [5, 5.41) is 11.8. The first-order valence-corrected chi connectivity index (χ1v) is 19.5. The van der Waals surface area contributed by atoms with Crippen molar-refractivity contribution in [2.75, 3.05) is 0 Å². The summed E-state index contributed by atoms with van der Waals surface area (Å²) >= 11 is 1.85. The smallest absolute Gasteiger partial charge is 0.164 e. The summed E-state index contributed by atoms with van der Waals surface area (Å²) in [6.45, 7) is 0. The maximum Gasteiger partial charge on any atom is 0.164 e. The molecule has 1 aliphatic carbocycles. The van der Waals surface area contributed by atoms with Crippen LogP contribution in [0.3, 0.4) is 0 Å². The van der Waals surface area contributed by atoms with Crippen molar-refractivity contribution in [1.82, 2.24) is 15.0 Å². The maximum absolute atomic E-state index is 9.50. The number of hydrogen-bond acceptors (Lipinski definition) is 5. The van der Waals surface area contributed by atoms with Crippen LogP contribution in [0.2, 0.25) is 0 Å². The number of hydrogen-bond donors (Lipinski definition) is 0. The van der Waals surface area contributed by atoms with Gasteiger partial charge in [0, 0.05) is 26.5 Å². The first-order chi connectivity index (χ1) is 27.7. The topological polar surface area (TPSA) is 62.5 Å². The van der Waals surface area contributed by atoms with Crippen molar-refractivity contribution in [1.29, 1.82) is 5.26 Å². The molecule has 2 heterocycles. The van der Waals surface area contributed by atoms with Gasteiger partial charge in [0.1, 0.15) is 0 Å². The van der Waals surface area contributed by atoms with Crippen LogP contribution in [0.5, 0.6) is 0 Å². The van der Waals surface area contributed by atoms with E-state index in [-0.39, 0.29) is 0 Å². The molecule has 0 fully saturated rings. The molecule has 11 rings (SSSR count). The molecule has 1 aliphatic heterocycles. The lowest BCUT2D eigenvalue weighted by Gasteiger charge is -2.39. The molecule has 0 radical (unpaired) electrons. The third-order valence-electron chi connectivity index (χ3n) is 11.2. The molecule has 0 unspecified atom stereocenters. The van der Waals surface area contributed by atoms with Gasteiger partial charge in [0.05, 0.1) is 17.0 Å². The number of benzene rings is 8. The summed E-state index contributed by atoms with van der Waals surface area (Å²) in [6.07, 6.45) is 0. The second kappa shape index (κ2) is 12.7. The van der Waals surface area contributed by atoms with Crippen molar-refractivity contribution >= 4 is 22.5 Å². The van der Waals surface area contributed by atoms with Crippen molar-refractivity contribution in [3.63, 3.8) is 0 Å². The van der Waals surface area contributed by atoms with E-state index in [2.05, 4.69) is 115 Å². The van der Waals surface area contributed by atoms with Gasteiger partial charge in [0.2, 0.25) is 0 Å². The van der Waals surface area contributed by atoms with Gasteiger partial charge < -0.3 is 0 Å². The van der Waals surface area contributed by atoms with Crippen LogP contribution in [0.4, 0.5) is 0 Å². The van der Waals surface area contributed by atoms with E-state index in [0.29, 0.717) is 23.0 Å². The zero-order chi connectivity index (χ0) is 37.2. The van der Waals surface area contributed by atoms with Crippen LogP contribution < -0.4 is 0 Å². The lowest BCUT2D eigenvalue weighted by molar-refractivity contribution is 0.723. The molecular formula is C51H30N4S. The minimum Gasteiger partial charge on any atom is -0.208 e. The molecule has 9 aromatic rings. The van der Waals surface area contributed by atoms with Gasteiger partial charge in [-0.2, -0.15) is 5.26 Å². The SMILES string of the molecule is N#Cc1ccc(-c2ccc3c(c2)C2(c4ccccc4Sc4ccccc42)c2cc4cc(-c5nc(-c6ccccc6)nc(-c6ccccc6)n5)ccc4cc2-3)cc1. The highest BCUT2D eigenvalue weighted by atomic mass is 32.2. The van der Waals surface area contributed by atoms with E-state index in [4.69, 9.17) is 15.0 Å². The Hall–Kier alpha value is -7.13. The molecule has 0 atom stereocenters. The number of aromatic nitrogens is 3. The lowest BCUT2D eigenvalue weighted by atomic mass is 9.67. The van der Waals surface area contributed by atoms with Crippen LogP contribution in [-0.2, 0) is 5.41 Å². The van der Waals surface area contributed by atoms with Gasteiger partial charge in [0.15, 0.2) is 17.5 Å². The van der Waals surface area contributed by atoms with Crippen LogP contribution >= 0.6 is 11.8 Å². The van der Waals surface area contributed by atoms with Crippen LogP contribution in [0.25, 0.3) is 67.2 Å². The molecule has 2 aliphatic rings. The van der Waals surface area contributed by atoms with Gasteiger partial charge in [-0.1, -0.05) is 145 Å². The third kappa shape index (κ3) is 4.97. The van der Waals surface area contributed by atoms with Crippen molar-refractivity contribution in [3.05, 3.63) is 210 Å². The van der Waals surface area contributed by atoms with E-state index in [1.165, 1.54) is 43.2 Å². The molecule has 5 heteroatoms. The highest BCUT2D eigenvalue weighted by Gasteiger charge is 2.50. The molecule has 8 aromatic carbocycles. The largest absolute Gasteiger partial charge is 0.208 e. The number of fused-ring (bicyclic) bond motifs is 10. The fraction of sp³-hybridized carbons (Fsp3) is 0.0196. The van der Waals surface area contributed by atoms with Crippen LogP contribution in [0.1, 0.15) is 27.8 Å². The highest BCUT2D eigenvalue weighted by Crippen LogP contribution is 2.63. The fourth-order valence-electron chi connectivity index (χ4n) is 8.63. The van der Waals surface area contributed by atoms with Crippen LogP contribution in [-0.4, -0.2) is 15.0 Å². The predicted octanol–water partition coefficient (Wildman–Crippen LogP) is 12.4. The summed E-state index contributed by atoms with van der Waals surface area (Å²) in [5.74, 6) is 1.92. The van der Waals surface area contributed by atoms with Crippen LogP contribution in [0.15, 0.2) is 192 Å². The van der Waals surface area contributed by atoms with Crippen LogP contribution in [0, 0.1) is 11.3 Å². The molecule has 1 spiro atoms. The first kappa shape index (κ1) is 32.3. The first-order valence-electron chi connectivity index (χ1n) is 18.7. The normalized spacial score (nSPS) is 13.1. The van der Waals surface area contributed by atoms with E-state index >= 15 is 0 Å². The molecule has 0 saturated carbocycles. The Morgan fingerprint density at radius 1 is 0.393 bits per heavy atom. The number of nitriles is 1. The van der Waals surface area contributed by atoms with E-state index < -0.39 is 5.41 Å². The van der Waals surface area contributed by atoms with Gasteiger partial charge >= 0.3 is 0 Å². The Bertz CT molecular complexity index is 2960. The van der Waals surface area contributed by atoms with Crippen molar-refractivity contribution in [2.24, 2.45) is 0 Å². The Balaban J connectivity index is 1.15. The molecule has 0 bridgehead atoms. The number of nitrogens with zero attached hydrogens (tertiary/aromatic N) is 4. The molecule has 0 saturated heterocycles. The molecule has 0 amide bonds.